The first-order chi connectivity index (χ1) is 11.2. The molecule has 0 aliphatic rings. The largest absolute Gasteiger partial charge is 0.393 e. The number of benzene rings is 1. The zero-order chi connectivity index (χ0) is 17.9. The highest BCUT2D eigenvalue weighted by atomic mass is 16.3. The van der Waals surface area contributed by atoms with Gasteiger partial charge in [0.05, 0.1) is 11.8 Å². The third-order valence-electron chi connectivity index (χ3n) is 3.82. The maximum Gasteiger partial charge on any atom is 0.251 e. The average molecular weight is 330 g/mol. The fourth-order valence-corrected chi connectivity index (χ4v) is 2.81. The van der Waals surface area contributed by atoms with Crippen molar-refractivity contribution >= 4 is 5.91 Å². The van der Waals surface area contributed by atoms with E-state index in [9.17, 15) is 9.90 Å². The maximum absolute atomic E-state index is 12.3. The zero-order valence-corrected chi connectivity index (χ0v) is 15.0. The molecule has 24 heavy (non-hydrogen) atoms. The summed E-state index contributed by atoms with van der Waals surface area (Å²) in [6, 6.07) is 7.28. The Balaban J connectivity index is 2.03. The van der Waals surface area contributed by atoms with Gasteiger partial charge in [0.15, 0.2) is 0 Å². The van der Waals surface area contributed by atoms with Gasteiger partial charge in [0.2, 0.25) is 0 Å². The molecule has 1 heterocycles. The van der Waals surface area contributed by atoms with Crippen molar-refractivity contribution in [2.45, 2.75) is 47.1 Å². The van der Waals surface area contributed by atoms with Crippen LogP contribution in [-0.4, -0.2) is 38.4 Å². The summed E-state index contributed by atoms with van der Waals surface area (Å²) in [5, 5.41) is 16.8. The van der Waals surface area contributed by atoms with Crippen LogP contribution in [0.1, 0.15) is 49.2 Å². The van der Waals surface area contributed by atoms with Gasteiger partial charge in [-0.15, -0.1) is 0 Å². The molecule has 1 atom stereocenters. The third-order valence-corrected chi connectivity index (χ3v) is 3.82. The van der Waals surface area contributed by atoms with Crippen LogP contribution in [-0.2, 0) is 0 Å². The van der Waals surface area contributed by atoms with Gasteiger partial charge in [-0.2, -0.15) is 5.10 Å². The van der Waals surface area contributed by atoms with E-state index in [0.29, 0.717) is 18.5 Å². The lowest BCUT2D eigenvalue weighted by atomic mass is 9.87. The molecule has 6 heteroatoms. The number of carbonyl (C=O) groups is 1. The van der Waals surface area contributed by atoms with Crippen molar-refractivity contribution in [3.63, 3.8) is 0 Å². The number of aromatic nitrogens is 3. The van der Waals surface area contributed by atoms with Crippen LogP contribution < -0.4 is 5.32 Å². The van der Waals surface area contributed by atoms with E-state index in [1.54, 1.807) is 23.7 Å². The highest BCUT2D eigenvalue weighted by Gasteiger charge is 2.21. The summed E-state index contributed by atoms with van der Waals surface area (Å²) in [6.45, 7) is 10.1. The highest BCUT2D eigenvalue weighted by Crippen LogP contribution is 2.21. The second-order valence-electron chi connectivity index (χ2n) is 7.06. The number of amides is 1. The average Bonchev–Trinajstić information content (AvgIpc) is 2.82. The number of nitrogens with zero attached hydrogens (tertiary/aromatic N) is 3. The molecule has 1 aromatic heterocycles. The molecule has 0 radical (unpaired) electrons. The monoisotopic (exact) mass is 330 g/mol. The molecule has 0 fully saturated rings. The molecule has 1 aromatic carbocycles. The van der Waals surface area contributed by atoms with Crippen LogP contribution >= 0.6 is 0 Å². The molecule has 0 aliphatic carbocycles. The van der Waals surface area contributed by atoms with Crippen molar-refractivity contribution in [1.29, 1.82) is 0 Å². The van der Waals surface area contributed by atoms with Crippen LogP contribution in [0.15, 0.2) is 24.3 Å². The molecular weight excluding hydrogens is 304 g/mol. The molecule has 1 amide bonds. The van der Waals surface area contributed by atoms with E-state index in [1.807, 2.05) is 39.8 Å². The molecule has 130 valence electrons. The number of hydrogen-bond acceptors (Lipinski definition) is 4. The number of rotatable bonds is 6. The summed E-state index contributed by atoms with van der Waals surface area (Å²) in [4.78, 5) is 16.6. The number of nitrogens with one attached hydrogen (secondary N) is 1. The Bertz CT molecular complexity index is 702. The molecule has 2 N–H and O–H groups in total. The minimum absolute atomic E-state index is 0.119. The number of aliphatic hydroxyl groups excluding tert-OH is 1. The van der Waals surface area contributed by atoms with Crippen molar-refractivity contribution in [2.24, 2.45) is 5.41 Å². The molecule has 1 unspecified atom stereocenters. The van der Waals surface area contributed by atoms with E-state index in [0.717, 1.165) is 17.3 Å². The Morgan fingerprint density at radius 2 is 1.92 bits per heavy atom. The van der Waals surface area contributed by atoms with E-state index >= 15 is 0 Å². The number of aliphatic hydroxyl groups is 1. The standard InChI is InChI=1S/C18H26N4O2/c1-12(23)10-18(4,5)11-19-17(24)15-6-8-16(9-7-15)22-14(3)20-13(2)21-22/h6-9,12,23H,10-11H2,1-5H3,(H,19,24). The molecule has 0 spiro atoms. The van der Waals surface area contributed by atoms with Crippen LogP contribution in [0.25, 0.3) is 5.69 Å². The van der Waals surface area contributed by atoms with Gasteiger partial charge < -0.3 is 10.4 Å². The fourth-order valence-electron chi connectivity index (χ4n) is 2.81. The first-order valence-corrected chi connectivity index (χ1v) is 8.15. The van der Waals surface area contributed by atoms with E-state index in [1.165, 1.54) is 0 Å². The van der Waals surface area contributed by atoms with Crippen LogP contribution in [0, 0.1) is 19.3 Å². The smallest absolute Gasteiger partial charge is 0.251 e. The predicted molar refractivity (Wildman–Crippen MR) is 93.2 cm³/mol. The van der Waals surface area contributed by atoms with Gasteiger partial charge in [0.1, 0.15) is 11.6 Å². The molecule has 0 bridgehead atoms. The summed E-state index contributed by atoms with van der Waals surface area (Å²) in [6.07, 6.45) is 0.252. The first kappa shape index (κ1) is 18.1. The maximum atomic E-state index is 12.3. The zero-order valence-electron chi connectivity index (χ0n) is 15.0. The third kappa shape index (κ3) is 4.64. The SMILES string of the molecule is Cc1nc(C)n(-c2ccc(C(=O)NCC(C)(C)CC(C)O)cc2)n1. The minimum Gasteiger partial charge on any atom is -0.393 e. The highest BCUT2D eigenvalue weighted by molar-refractivity contribution is 5.94. The molecular formula is C18H26N4O2. The van der Waals surface area contributed by atoms with Gasteiger partial charge in [-0.05, 0) is 56.9 Å². The van der Waals surface area contributed by atoms with Crippen LogP contribution in [0.2, 0.25) is 0 Å². The van der Waals surface area contributed by atoms with E-state index in [4.69, 9.17) is 0 Å². The predicted octanol–water partition coefficient (Wildman–Crippen LogP) is 2.41. The molecule has 0 saturated carbocycles. The second-order valence-corrected chi connectivity index (χ2v) is 7.06. The Labute approximate surface area is 142 Å². The second kappa shape index (κ2) is 7.13. The van der Waals surface area contributed by atoms with Gasteiger partial charge in [-0.1, -0.05) is 13.8 Å². The lowest BCUT2D eigenvalue weighted by Gasteiger charge is -2.26. The van der Waals surface area contributed by atoms with E-state index < -0.39 is 0 Å². The molecule has 0 aliphatic heterocycles. The summed E-state index contributed by atoms with van der Waals surface area (Å²) in [7, 11) is 0. The summed E-state index contributed by atoms with van der Waals surface area (Å²) >= 11 is 0. The van der Waals surface area contributed by atoms with Crippen molar-refractivity contribution in [2.75, 3.05) is 6.54 Å². The van der Waals surface area contributed by atoms with Crippen LogP contribution in [0.4, 0.5) is 0 Å². The Kier molecular flexibility index (Phi) is 5.39. The lowest BCUT2D eigenvalue weighted by Crippen LogP contribution is -2.35. The fraction of sp³-hybridized carbons (Fsp3) is 0.500. The Morgan fingerprint density at radius 3 is 2.42 bits per heavy atom. The number of hydrogen-bond donors (Lipinski definition) is 2. The molecule has 6 nitrogen and oxygen atoms in total. The quantitative estimate of drug-likeness (QED) is 0.852. The van der Waals surface area contributed by atoms with Gasteiger partial charge in [0, 0.05) is 12.1 Å². The molecule has 0 saturated heterocycles. The number of carbonyl (C=O) groups excluding carboxylic acids is 1. The lowest BCUT2D eigenvalue weighted by molar-refractivity contribution is 0.0902. The Hall–Kier alpha value is -2.21. The van der Waals surface area contributed by atoms with E-state index in [-0.39, 0.29) is 17.4 Å². The normalized spacial score (nSPS) is 12.9. The summed E-state index contributed by atoms with van der Waals surface area (Å²) < 4.78 is 1.75. The van der Waals surface area contributed by atoms with Crippen molar-refractivity contribution < 1.29 is 9.90 Å². The molecule has 2 rings (SSSR count). The van der Waals surface area contributed by atoms with Crippen molar-refractivity contribution in [3.8, 4) is 5.69 Å². The van der Waals surface area contributed by atoms with Gasteiger partial charge in [-0.3, -0.25) is 4.79 Å². The van der Waals surface area contributed by atoms with Crippen molar-refractivity contribution in [3.05, 3.63) is 41.5 Å². The Morgan fingerprint density at radius 1 is 1.29 bits per heavy atom. The first-order valence-electron chi connectivity index (χ1n) is 8.15. The molecule has 2 aromatic rings. The van der Waals surface area contributed by atoms with Gasteiger partial charge in [0.25, 0.3) is 5.91 Å². The minimum atomic E-state index is -0.384. The summed E-state index contributed by atoms with van der Waals surface area (Å²) in [5.41, 5.74) is 1.32. The van der Waals surface area contributed by atoms with Gasteiger partial charge in [-0.25, -0.2) is 9.67 Å². The van der Waals surface area contributed by atoms with E-state index in [2.05, 4.69) is 15.4 Å². The van der Waals surface area contributed by atoms with Crippen LogP contribution in [0.5, 0.6) is 0 Å². The van der Waals surface area contributed by atoms with Gasteiger partial charge >= 0.3 is 0 Å². The summed E-state index contributed by atoms with van der Waals surface area (Å²) in [5.74, 6) is 1.41. The topological polar surface area (TPSA) is 80.0 Å². The van der Waals surface area contributed by atoms with Crippen molar-refractivity contribution in [1.82, 2.24) is 20.1 Å². The van der Waals surface area contributed by atoms with Crippen LogP contribution in [0.3, 0.4) is 0 Å². The number of aryl methyl sites for hydroxylation is 2.